The van der Waals surface area contributed by atoms with Crippen molar-refractivity contribution in [3.63, 3.8) is 0 Å². The van der Waals surface area contributed by atoms with Gasteiger partial charge in [-0.05, 0) is 89.5 Å². The molecule has 4 heteroatoms. The molecule has 0 spiro atoms. The summed E-state index contributed by atoms with van der Waals surface area (Å²) in [6.07, 6.45) is 0. The van der Waals surface area contributed by atoms with Crippen molar-refractivity contribution in [1.29, 1.82) is 0 Å². The molecule has 0 unspecified atom stereocenters. The van der Waals surface area contributed by atoms with Gasteiger partial charge in [0.2, 0.25) is 0 Å². The molecule has 0 saturated heterocycles. The number of nitrogens with zero attached hydrogens (tertiary/aromatic N) is 2. The number of hydrogen-bond acceptors (Lipinski definition) is 2. The lowest BCUT2D eigenvalue weighted by Crippen LogP contribution is -2.12. The Kier molecular flexibility index (Phi) is 8.12. The van der Waals surface area contributed by atoms with E-state index in [2.05, 4.69) is 191 Å². The average molecular weight is 719 g/mol. The zero-order valence-corrected chi connectivity index (χ0v) is 32.6. The van der Waals surface area contributed by atoms with E-state index in [0.29, 0.717) is 0 Å². The molecule has 0 saturated carbocycles. The van der Waals surface area contributed by atoms with E-state index >= 15 is 0 Å². The molecular formula is C51H46N2O2. The molecule has 0 aliphatic heterocycles. The maximum atomic E-state index is 6.85. The molecule has 0 aliphatic carbocycles. The van der Waals surface area contributed by atoms with Crippen LogP contribution >= 0.6 is 0 Å². The van der Waals surface area contributed by atoms with Crippen molar-refractivity contribution in [2.45, 2.75) is 59.3 Å². The molecule has 9 aromatic rings. The number of benzene rings is 7. The smallest absolute Gasteiger partial charge is 0.134 e. The predicted molar refractivity (Wildman–Crippen MR) is 230 cm³/mol. The van der Waals surface area contributed by atoms with Crippen LogP contribution in [-0.4, -0.2) is 9.13 Å². The van der Waals surface area contributed by atoms with Crippen LogP contribution in [0.2, 0.25) is 0 Å². The Labute approximate surface area is 323 Å². The van der Waals surface area contributed by atoms with Crippen molar-refractivity contribution < 1.29 is 9.47 Å². The summed E-state index contributed by atoms with van der Waals surface area (Å²) in [7, 11) is 0. The lowest BCUT2D eigenvalue weighted by Gasteiger charge is -2.23. The SMILES string of the molecule is Cc1c(Oc2cc(-n3c4ccccc4c4ccccc43)cc(C(C)(C)C)c2)cccc1Oc1cc(-n2c3ccccc3c3ccccc32)cc(C(C)(C)C)c1. The monoisotopic (exact) mass is 718 g/mol. The summed E-state index contributed by atoms with van der Waals surface area (Å²) >= 11 is 0. The standard InChI is InChI=1S/C51H46N2O2/c1-33-48(54-38-29-34(50(2,3)4)27-36(31-38)52-44-21-12-8-17-40(44)41-18-9-13-22-45(41)52)25-16-26-49(33)55-39-30-35(51(5,6)7)28-37(32-39)53-46-23-14-10-19-42(46)43-20-11-15-24-47(43)53/h8-32H,1-7H3. The van der Waals surface area contributed by atoms with Crippen LogP contribution in [0.1, 0.15) is 58.2 Å². The summed E-state index contributed by atoms with van der Waals surface area (Å²) in [5, 5.41) is 4.94. The highest BCUT2D eigenvalue weighted by molar-refractivity contribution is 6.10. The molecule has 0 bridgehead atoms. The fourth-order valence-electron chi connectivity index (χ4n) is 7.88. The van der Waals surface area contributed by atoms with Gasteiger partial charge in [0, 0.05) is 39.2 Å². The van der Waals surface area contributed by atoms with Crippen molar-refractivity contribution in [3.05, 3.63) is 168 Å². The van der Waals surface area contributed by atoms with Gasteiger partial charge in [-0.2, -0.15) is 0 Å². The van der Waals surface area contributed by atoms with Gasteiger partial charge >= 0.3 is 0 Å². The van der Waals surface area contributed by atoms with Crippen molar-refractivity contribution in [1.82, 2.24) is 9.13 Å². The Balaban J connectivity index is 1.13. The van der Waals surface area contributed by atoms with Gasteiger partial charge in [-0.1, -0.05) is 120 Å². The van der Waals surface area contributed by atoms with Crippen LogP contribution < -0.4 is 9.47 Å². The highest BCUT2D eigenvalue weighted by Gasteiger charge is 2.22. The molecule has 0 atom stereocenters. The number of ether oxygens (including phenoxy) is 2. The molecule has 0 amide bonds. The normalized spacial score (nSPS) is 12.3. The number of rotatable bonds is 6. The minimum atomic E-state index is -0.0982. The Bertz CT molecular complexity index is 2610. The molecule has 0 aliphatic rings. The zero-order chi connectivity index (χ0) is 38.1. The lowest BCUT2D eigenvalue weighted by atomic mass is 9.86. The van der Waals surface area contributed by atoms with Crippen LogP contribution in [0.15, 0.2) is 152 Å². The van der Waals surface area contributed by atoms with E-state index < -0.39 is 0 Å². The van der Waals surface area contributed by atoms with Gasteiger partial charge in [-0.3, -0.25) is 0 Å². The first-order valence-electron chi connectivity index (χ1n) is 19.2. The second-order valence-electron chi connectivity index (χ2n) is 16.8. The van der Waals surface area contributed by atoms with Crippen LogP contribution in [0.25, 0.3) is 55.0 Å². The fourth-order valence-corrected chi connectivity index (χ4v) is 7.88. The van der Waals surface area contributed by atoms with Crippen LogP contribution in [-0.2, 0) is 10.8 Å². The minimum Gasteiger partial charge on any atom is -0.457 e. The predicted octanol–water partition coefficient (Wildman–Crippen LogP) is 14.4. The Morgan fingerprint density at radius 1 is 0.382 bits per heavy atom. The summed E-state index contributed by atoms with van der Waals surface area (Å²) in [5.74, 6) is 3.08. The molecule has 4 nitrogen and oxygen atoms in total. The van der Waals surface area contributed by atoms with Crippen LogP contribution in [0.4, 0.5) is 0 Å². The maximum Gasteiger partial charge on any atom is 0.134 e. The lowest BCUT2D eigenvalue weighted by molar-refractivity contribution is 0.450. The third kappa shape index (κ3) is 6.12. The molecule has 272 valence electrons. The largest absolute Gasteiger partial charge is 0.457 e. The summed E-state index contributed by atoms with van der Waals surface area (Å²) in [6, 6.07) is 53.9. The zero-order valence-electron chi connectivity index (χ0n) is 32.6. The third-order valence-electron chi connectivity index (χ3n) is 10.9. The van der Waals surface area contributed by atoms with Crippen LogP contribution in [0, 0.1) is 6.92 Å². The van der Waals surface area contributed by atoms with Crippen molar-refractivity contribution in [2.75, 3.05) is 0 Å². The van der Waals surface area contributed by atoms with E-state index in [1.165, 1.54) is 54.7 Å². The maximum absolute atomic E-state index is 6.85. The van der Waals surface area contributed by atoms with Gasteiger partial charge in [0.1, 0.15) is 23.0 Å². The van der Waals surface area contributed by atoms with E-state index in [9.17, 15) is 0 Å². The van der Waals surface area contributed by atoms with Gasteiger partial charge in [-0.25, -0.2) is 0 Å². The van der Waals surface area contributed by atoms with Crippen LogP contribution in [0.3, 0.4) is 0 Å². The first-order valence-corrected chi connectivity index (χ1v) is 19.2. The van der Waals surface area contributed by atoms with Crippen molar-refractivity contribution in [2.24, 2.45) is 0 Å². The molecule has 7 aromatic carbocycles. The highest BCUT2D eigenvalue weighted by atomic mass is 16.5. The quantitative estimate of drug-likeness (QED) is 0.171. The minimum absolute atomic E-state index is 0.0982. The summed E-state index contributed by atoms with van der Waals surface area (Å²) in [5.41, 5.74) is 9.96. The van der Waals surface area contributed by atoms with Crippen molar-refractivity contribution in [3.8, 4) is 34.4 Å². The molecule has 0 N–H and O–H groups in total. The summed E-state index contributed by atoms with van der Waals surface area (Å²) < 4.78 is 18.4. The van der Waals surface area contributed by atoms with Gasteiger partial charge < -0.3 is 18.6 Å². The van der Waals surface area contributed by atoms with Crippen molar-refractivity contribution >= 4 is 43.6 Å². The van der Waals surface area contributed by atoms with E-state index in [1.54, 1.807) is 0 Å². The molecule has 55 heavy (non-hydrogen) atoms. The fraction of sp³-hybridized carbons (Fsp3) is 0.176. The summed E-state index contributed by atoms with van der Waals surface area (Å²) in [4.78, 5) is 0. The number of aromatic nitrogens is 2. The average Bonchev–Trinajstić information content (AvgIpc) is 3.69. The van der Waals surface area contributed by atoms with E-state index in [1.807, 2.05) is 18.2 Å². The van der Waals surface area contributed by atoms with Gasteiger partial charge in [0.25, 0.3) is 0 Å². The Morgan fingerprint density at radius 2 is 0.709 bits per heavy atom. The van der Waals surface area contributed by atoms with Crippen LogP contribution in [0.5, 0.6) is 23.0 Å². The first kappa shape index (κ1) is 34.5. The Morgan fingerprint density at radius 3 is 1.04 bits per heavy atom. The topological polar surface area (TPSA) is 28.3 Å². The number of fused-ring (bicyclic) bond motifs is 6. The Hall–Kier alpha value is -6.26. The van der Waals surface area contributed by atoms with E-state index in [-0.39, 0.29) is 10.8 Å². The van der Waals surface area contributed by atoms with Gasteiger partial charge in [0.05, 0.1) is 33.4 Å². The highest BCUT2D eigenvalue weighted by Crippen LogP contribution is 2.41. The first-order chi connectivity index (χ1) is 26.4. The number of para-hydroxylation sites is 4. The molecular weight excluding hydrogens is 673 g/mol. The molecule has 2 aromatic heterocycles. The van der Waals surface area contributed by atoms with Gasteiger partial charge in [0.15, 0.2) is 0 Å². The molecule has 9 rings (SSSR count). The second kappa shape index (κ2) is 13.0. The van der Waals surface area contributed by atoms with E-state index in [4.69, 9.17) is 9.47 Å². The molecule has 0 radical (unpaired) electrons. The third-order valence-corrected chi connectivity index (χ3v) is 10.9. The molecule has 0 fully saturated rings. The van der Waals surface area contributed by atoms with Gasteiger partial charge in [-0.15, -0.1) is 0 Å². The summed E-state index contributed by atoms with van der Waals surface area (Å²) in [6.45, 7) is 15.6. The second-order valence-corrected chi connectivity index (χ2v) is 16.8. The number of hydrogen-bond donors (Lipinski definition) is 0. The van der Waals surface area contributed by atoms with E-state index in [0.717, 1.165) is 39.9 Å². The molecule has 2 heterocycles.